The van der Waals surface area contributed by atoms with Crippen molar-refractivity contribution in [2.45, 2.75) is 59.2 Å². The van der Waals surface area contributed by atoms with Crippen LogP contribution in [0.3, 0.4) is 0 Å². The number of carbonyl (C=O) groups excluding carboxylic acids is 3. The fraction of sp³-hybridized carbons (Fsp3) is 0.364. The fourth-order valence-electron chi connectivity index (χ4n) is 5.50. The molecule has 0 radical (unpaired) electrons. The van der Waals surface area contributed by atoms with Crippen molar-refractivity contribution in [3.63, 3.8) is 0 Å². The van der Waals surface area contributed by atoms with Gasteiger partial charge in [0, 0.05) is 26.1 Å². The Morgan fingerprint density at radius 1 is 0.855 bits per heavy atom. The average molecular weight is 755 g/mol. The SMILES string of the molecule is CC(C)CCN1OC(Cc2ccccc2)C(=O)N(CC=O)C1CN(C)CC(=O)NCCc1ccccc1.Cc1ccc(O)cc1.Cc1ccccc1.O=CO. The summed E-state index contributed by atoms with van der Waals surface area (Å²) in [4.78, 5) is 55.6. The number of carboxylic acid groups (broad SMARTS) is 1. The highest BCUT2D eigenvalue weighted by Gasteiger charge is 2.41. The van der Waals surface area contributed by atoms with E-state index in [4.69, 9.17) is 19.8 Å². The summed E-state index contributed by atoms with van der Waals surface area (Å²) in [7, 11) is 1.84. The number of aromatic hydroxyl groups is 1. The first-order valence-corrected chi connectivity index (χ1v) is 18.5. The molecule has 0 bridgehead atoms. The van der Waals surface area contributed by atoms with E-state index in [2.05, 4.69) is 38.2 Å². The van der Waals surface area contributed by atoms with Gasteiger partial charge in [-0.3, -0.25) is 24.1 Å². The Labute approximate surface area is 326 Å². The average Bonchev–Trinajstić information content (AvgIpc) is 3.17. The third-order valence-corrected chi connectivity index (χ3v) is 8.42. The van der Waals surface area contributed by atoms with Crippen LogP contribution in [0.15, 0.2) is 115 Å². The maximum absolute atomic E-state index is 13.4. The number of aldehydes is 1. The van der Waals surface area contributed by atoms with Gasteiger partial charge in [0.15, 0.2) is 6.10 Å². The van der Waals surface area contributed by atoms with E-state index in [1.807, 2.05) is 115 Å². The zero-order valence-electron chi connectivity index (χ0n) is 32.8. The molecule has 1 heterocycles. The number of nitrogens with one attached hydrogen (secondary N) is 1. The lowest BCUT2D eigenvalue weighted by Crippen LogP contribution is -2.65. The van der Waals surface area contributed by atoms with Crippen molar-refractivity contribution in [2.24, 2.45) is 5.92 Å². The van der Waals surface area contributed by atoms with Gasteiger partial charge in [-0.1, -0.05) is 128 Å². The summed E-state index contributed by atoms with van der Waals surface area (Å²) in [6.07, 6.45) is 1.66. The van der Waals surface area contributed by atoms with Crippen LogP contribution >= 0.6 is 0 Å². The first-order valence-electron chi connectivity index (χ1n) is 18.5. The molecule has 0 aromatic heterocycles. The van der Waals surface area contributed by atoms with Gasteiger partial charge in [-0.25, -0.2) is 0 Å². The molecule has 0 saturated carbocycles. The second-order valence-electron chi connectivity index (χ2n) is 13.6. The molecule has 0 aliphatic carbocycles. The Morgan fingerprint density at radius 2 is 1.38 bits per heavy atom. The van der Waals surface area contributed by atoms with Crippen molar-refractivity contribution in [3.05, 3.63) is 138 Å². The molecular weight excluding hydrogens is 697 g/mol. The van der Waals surface area contributed by atoms with Gasteiger partial charge in [0.05, 0.1) is 13.1 Å². The third kappa shape index (κ3) is 19.0. The van der Waals surface area contributed by atoms with E-state index in [-0.39, 0.29) is 31.4 Å². The van der Waals surface area contributed by atoms with Gasteiger partial charge >= 0.3 is 0 Å². The van der Waals surface area contributed by atoms with E-state index in [0.717, 1.165) is 24.7 Å². The maximum Gasteiger partial charge on any atom is 0.290 e. The van der Waals surface area contributed by atoms with Crippen LogP contribution in [-0.4, -0.2) is 102 Å². The number of hydrogen-bond acceptors (Lipinski definition) is 8. The number of carbonyl (C=O) groups is 4. The second-order valence-corrected chi connectivity index (χ2v) is 13.6. The number of rotatable bonds is 14. The van der Waals surface area contributed by atoms with Gasteiger partial charge in [-0.05, 0) is 62.9 Å². The lowest BCUT2D eigenvalue weighted by atomic mass is 10.1. The number of hydrogen-bond donors (Lipinski definition) is 3. The smallest absolute Gasteiger partial charge is 0.290 e. The molecule has 4 aromatic rings. The lowest BCUT2D eigenvalue weighted by Gasteiger charge is -2.46. The summed E-state index contributed by atoms with van der Waals surface area (Å²) in [5.41, 5.74) is 4.66. The van der Waals surface area contributed by atoms with E-state index in [1.165, 1.54) is 16.7 Å². The summed E-state index contributed by atoms with van der Waals surface area (Å²) in [6, 6.07) is 37.1. The van der Waals surface area contributed by atoms with Gasteiger partial charge in [0.2, 0.25) is 5.91 Å². The summed E-state index contributed by atoms with van der Waals surface area (Å²) in [5.74, 6) is 0.485. The van der Waals surface area contributed by atoms with Gasteiger partial charge < -0.3 is 25.2 Å². The Kier molecular flexibility index (Phi) is 22.0. The summed E-state index contributed by atoms with van der Waals surface area (Å²) < 4.78 is 0. The van der Waals surface area contributed by atoms with Crippen LogP contribution in [0.2, 0.25) is 0 Å². The van der Waals surface area contributed by atoms with Crippen molar-refractivity contribution >= 4 is 24.6 Å². The van der Waals surface area contributed by atoms with Crippen LogP contribution in [0.4, 0.5) is 0 Å². The number of phenols is 1. The van der Waals surface area contributed by atoms with Crippen molar-refractivity contribution in [3.8, 4) is 5.75 Å². The highest BCUT2D eigenvalue weighted by molar-refractivity contribution is 5.84. The van der Waals surface area contributed by atoms with Crippen LogP contribution in [0.1, 0.15) is 42.5 Å². The quantitative estimate of drug-likeness (QED) is 0.134. The molecule has 1 aliphatic rings. The van der Waals surface area contributed by atoms with E-state index >= 15 is 0 Å². The molecule has 0 spiro atoms. The van der Waals surface area contributed by atoms with Gasteiger partial charge in [-0.15, -0.1) is 0 Å². The number of benzene rings is 4. The number of amides is 2. The van der Waals surface area contributed by atoms with Crippen LogP contribution in [0, 0.1) is 19.8 Å². The van der Waals surface area contributed by atoms with Crippen molar-refractivity contribution in [2.75, 3.05) is 39.8 Å². The largest absolute Gasteiger partial charge is 0.508 e. The minimum Gasteiger partial charge on any atom is -0.508 e. The maximum atomic E-state index is 13.4. The molecule has 3 N–H and O–H groups in total. The second kappa shape index (κ2) is 26.4. The molecular formula is C44H58N4O7. The standard InChI is InChI=1S/C29H40N4O4.C7H8O.C7H8.CH2O2/c1-23(2)15-17-33-28(22-31(3)21-27(35)30-16-14-24-10-6-4-7-11-24)32(18-19-34)29(36)26(37-33)20-25-12-8-5-9-13-25;1-6-2-4-7(8)5-3-6;1-7-5-3-2-4-6-7;2-1-3/h4-13,19,23,26,28H,14-18,20-22H2,1-3H3,(H,30,35);2-5,8H,1H3;2-6H,1H3;1H,(H,2,3). The summed E-state index contributed by atoms with van der Waals surface area (Å²) in [5, 5.41) is 20.4. The topological polar surface area (TPSA) is 140 Å². The Hall–Kier alpha value is -5.36. The Bertz CT molecular complexity index is 1620. The summed E-state index contributed by atoms with van der Waals surface area (Å²) >= 11 is 0. The van der Waals surface area contributed by atoms with Crippen LogP contribution in [0.25, 0.3) is 0 Å². The molecule has 1 fully saturated rings. The number of likely N-dealkylation sites (N-methyl/N-ethyl adjacent to an activating group) is 1. The molecule has 4 aromatic carbocycles. The van der Waals surface area contributed by atoms with Crippen LogP contribution in [0.5, 0.6) is 5.75 Å². The van der Waals surface area contributed by atoms with Crippen molar-refractivity contribution in [1.29, 1.82) is 0 Å². The molecule has 2 unspecified atom stereocenters. The molecule has 55 heavy (non-hydrogen) atoms. The van der Waals surface area contributed by atoms with Gasteiger partial charge in [0.25, 0.3) is 12.4 Å². The summed E-state index contributed by atoms with van der Waals surface area (Å²) in [6.45, 7) is 9.81. The number of nitrogens with zero attached hydrogens (tertiary/aromatic N) is 3. The van der Waals surface area contributed by atoms with E-state index in [1.54, 1.807) is 17.0 Å². The minimum atomic E-state index is -0.697. The van der Waals surface area contributed by atoms with Crippen LogP contribution in [-0.2, 0) is 36.9 Å². The molecule has 1 aliphatic heterocycles. The molecule has 2 atom stereocenters. The predicted molar refractivity (Wildman–Crippen MR) is 216 cm³/mol. The van der Waals surface area contributed by atoms with Crippen molar-refractivity contribution in [1.82, 2.24) is 20.2 Å². The fourth-order valence-corrected chi connectivity index (χ4v) is 5.50. The molecule has 1 saturated heterocycles. The molecule has 296 valence electrons. The number of hydroxylamine groups is 2. The van der Waals surface area contributed by atoms with Gasteiger partial charge in [-0.2, -0.15) is 5.06 Å². The van der Waals surface area contributed by atoms with E-state index in [9.17, 15) is 14.4 Å². The first kappa shape index (κ1) is 45.8. The Morgan fingerprint density at radius 3 is 1.87 bits per heavy atom. The first-order chi connectivity index (χ1) is 26.5. The molecule has 11 nitrogen and oxygen atoms in total. The minimum absolute atomic E-state index is 0.0204. The highest BCUT2D eigenvalue weighted by atomic mass is 16.7. The van der Waals surface area contributed by atoms with E-state index in [0.29, 0.717) is 37.7 Å². The monoisotopic (exact) mass is 754 g/mol. The number of phenolic OH excluding ortho intramolecular Hbond substituents is 1. The van der Waals surface area contributed by atoms with Crippen molar-refractivity contribution < 1.29 is 34.2 Å². The van der Waals surface area contributed by atoms with E-state index < -0.39 is 12.3 Å². The van der Waals surface area contributed by atoms with Gasteiger partial charge in [0.1, 0.15) is 18.2 Å². The number of aryl methyl sites for hydroxylation is 2. The highest BCUT2D eigenvalue weighted by Crippen LogP contribution is 2.23. The lowest BCUT2D eigenvalue weighted by molar-refractivity contribution is -0.276. The molecule has 11 heteroatoms. The zero-order valence-corrected chi connectivity index (χ0v) is 32.8. The molecule has 5 rings (SSSR count). The third-order valence-electron chi connectivity index (χ3n) is 8.42. The normalized spacial score (nSPS) is 15.0. The predicted octanol–water partition coefficient (Wildman–Crippen LogP) is 5.93. The Balaban J connectivity index is 0.000000471. The zero-order chi connectivity index (χ0) is 40.4. The molecule has 2 amide bonds. The van der Waals surface area contributed by atoms with Crippen LogP contribution < -0.4 is 5.32 Å².